The second kappa shape index (κ2) is 7.40. The van der Waals surface area contributed by atoms with Crippen LogP contribution in [0.2, 0.25) is 0 Å². The average molecular weight is 341 g/mol. The van der Waals surface area contributed by atoms with E-state index < -0.39 is 0 Å². The van der Waals surface area contributed by atoms with Gasteiger partial charge in [0.15, 0.2) is 0 Å². The number of amidine groups is 1. The van der Waals surface area contributed by atoms with Crippen LogP contribution in [-0.4, -0.2) is 36.4 Å². The molecule has 1 atom stereocenters. The third kappa shape index (κ3) is 3.83. The zero-order valence-corrected chi connectivity index (χ0v) is 14.2. The molecule has 25 heavy (non-hydrogen) atoms. The van der Waals surface area contributed by atoms with Crippen LogP contribution in [0, 0.1) is 0 Å². The molecule has 2 aliphatic rings. The van der Waals surface area contributed by atoms with E-state index in [4.69, 9.17) is 10.5 Å². The number of hydrogen-bond donors (Lipinski definition) is 4. The monoisotopic (exact) mass is 341 g/mol. The Morgan fingerprint density at radius 2 is 2.40 bits per heavy atom. The molecule has 0 amide bonds. The smallest absolute Gasteiger partial charge is 0.135 e. The number of hydrazone groups is 1. The summed E-state index contributed by atoms with van der Waals surface area (Å²) in [6, 6.07) is 5.27. The van der Waals surface area contributed by atoms with Gasteiger partial charge < -0.3 is 20.9 Å². The number of benzene rings is 1. The van der Waals surface area contributed by atoms with Crippen molar-refractivity contribution >= 4 is 17.7 Å². The van der Waals surface area contributed by atoms with E-state index in [1.54, 1.807) is 24.4 Å². The molecule has 7 nitrogen and oxygen atoms in total. The standard InChI is InChI=1S/C18H23N5O2/c1-3-12-8-14(24)4-5-16(12)22-18(19)15-9-20-23-11(2)17(15)21-13-6-7-25-10-13/h4-5,8-9,13,21,23-24H,2-3,6-7,10H2,1H3,(H2,19,22)/t13-/m0/s1. The van der Waals surface area contributed by atoms with Gasteiger partial charge in [-0.3, -0.25) is 5.43 Å². The molecule has 1 aromatic rings. The molecule has 5 N–H and O–H groups in total. The second-order valence-corrected chi connectivity index (χ2v) is 6.01. The minimum absolute atomic E-state index is 0.211. The van der Waals surface area contributed by atoms with Crippen LogP contribution in [-0.2, 0) is 11.2 Å². The number of hydrogen-bond acceptors (Lipinski definition) is 6. The molecule has 0 aromatic heterocycles. The molecule has 0 saturated carbocycles. The molecule has 0 radical (unpaired) electrons. The van der Waals surface area contributed by atoms with Gasteiger partial charge in [-0.15, -0.1) is 0 Å². The zero-order chi connectivity index (χ0) is 17.8. The van der Waals surface area contributed by atoms with Crippen LogP contribution >= 0.6 is 0 Å². The van der Waals surface area contributed by atoms with E-state index in [2.05, 4.69) is 27.4 Å². The normalized spacial score (nSPS) is 20.8. The van der Waals surface area contributed by atoms with Gasteiger partial charge in [0, 0.05) is 6.61 Å². The lowest BCUT2D eigenvalue weighted by molar-refractivity contribution is 0.191. The molecule has 7 heteroatoms. The van der Waals surface area contributed by atoms with E-state index in [1.807, 2.05) is 6.92 Å². The summed E-state index contributed by atoms with van der Waals surface area (Å²) in [5.41, 5.74) is 12.9. The number of aryl methyl sites for hydroxylation is 1. The Balaban J connectivity index is 1.95. The largest absolute Gasteiger partial charge is 0.508 e. The first kappa shape index (κ1) is 17.0. The first-order valence-electron chi connectivity index (χ1n) is 8.31. The Hall–Kier alpha value is -2.80. The summed E-state index contributed by atoms with van der Waals surface area (Å²) in [5.74, 6) is 0.558. The lowest BCUT2D eigenvalue weighted by atomic mass is 10.1. The van der Waals surface area contributed by atoms with Crippen LogP contribution in [0.1, 0.15) is 18.9 Å². The van der Waals surface area contributed by atoms with Gasteiger partial charge in [0.2, 0.25) is 0 Å². The van der Waals surface area contributed by atoms with Gasteiger partial charge in [-0.05, 0) is 36.6 Å². The summed E-state index contributed by atoms with van der Waals surface area (Å²) in [7, 11) is 0. The van der Waals surface area contributed by atoms with Crippen LogP contribution in [0.3, 0.4) is 0 Å². The van der Waals surface area contributed by atoms with E-state index >= 15 is 0 Å². The predicted octanol–water partition coefficient (Wildman–Crippen LogP) is 1.68. The van der Waals surface area contributed by atoms with Crippen molar-refractivity contribution in [2.24, 2.45) is 15.8 Å². The topological polar surface area (TPSA) is 104 Å². The van der Waals surface area contributed by atoms with Gasteiger partial charge in [-0.2, -0.15) is 5.10 Å². The lowest BCUT2D eigenvalue weighted by Gasteiger charge is -2.22. The second-order valence-electron chi connectivity index (χ2n) is 6.01. The predicted molar refractivity (Wildman–Crippen MR) is 98.9 cm³/mol. The van der Waals surface area contributed by atoms with Gasteiger partial charge in [0.25, 0.3) is 0 Å². The third-order valence-electron chi connectivity index (χ3n) is 4.20. The molecule has 0 aliphatic carbocycles. The summed E-state index contributed by atoms with van der Waals surface area (Å²) < 4.78 is 5.41. The number of ether oxygens (including phenoxy) is 1. The number of nitrogens with two attached hydrogens (primary N) is 1. The Kier molecular flexibility index (Phi) is 5.04. The molecule has 0 spiro atoms. The van der Waals surface area contributed by atoms with Gasteiger partial charge in [0.1, 0.15) is 11.6 Å². The molecule has 0 bridgehead atoms. The van der Waals surface area contributed by atoms with Crippen molar-refractivity contribution in [3.8, 4) is 5.75 Å². The highest BCUT2D eigenvalue weighted by Gasteiger charge is 2.22. The third-order valence-corrected chi connectivity index (χ3v) is 4.20. The number of aromatic hydroxyl groups is 1. The van der Waals surface area contributed by atoms with E-state index in [0.717, 1.165) is 36.4 Å². The number of rotatable bonds is 5. The number of phenols is 1. The highest BCUT2D eigenvalue weighted by atomic mass is 16.5. The number of phenolic OH excluding ortho intramolecular Hbond substituents is 1. The maximum atomic E-state index is 9.64. The summed E-state index contributed by atoms with van der Waals surface area (Å²) >= 11 is 0. The number of aliphatic imine (C=N–C) groups is 1. The first-order valence-corrected chi connectivity index (χ1v) is 8.31. The Morgan fingerprint density at radius 1 is 1.56 bits per heavy atom. The van der Waals surface area contributed by atoms with E-state index in [1.165, 1.54) is 0 Å². The first-order chi connectivity index (χ1) is 12.1. The average Bonchev–Trinajstić information content (AvgIpc) is 3.11. The summed E-state index contributed by atoms with van der Waals surface area (Å²) in [5, 5.41) is 17.1. The molecule has 2 aliphatic heterocycles. The Labute approximate surface area is 147 Å². The fourth-order valence-electron chi connectivity index (χ4n) is 2.82. The van der Waals surface area contributed by atoms with Gasteiger partial charge in [0.05, 0.1) is 41.5 Å². The van der Waals surface area contributed by atoms with Crippen LogP contribution in [0.25, 0.3) is 0 Å². The van der Waals surface area contributed by atoms with Gasteiger partial charge >= 0.3 is 0 Å². The quantitative estimate of drug-likeness (QED) is 0.482. The van der Waals surface area contributed by atoms with Crippen molar-refractivity contribution < 1.29 is 9.84 Å². The molecule has 1 aromatic carbocycles. The number of nitrogens with zero attached hydrogens (tertiary/aromatic N) is 2. The van der Waals surface area contributed by atoms with Gasteiger partial charge in [-0.25, -0.2) is 4.99 Å². The van der Waals surface area contributed by atoms with Crippen LogP contribution in [0.15, 0.2) is 51.8 Å². The minimum atomic E-state index is 0.211. The Bertz CT molecular complexity index is 761. The van der Waals surface area contributed by atoms with E-state index in [0.29, 0.717) is 23.7 Å². The molecular formula is C18H23N5O2. The molecule has 3 rings (SSSR count). The molecule has 1 fully saturated rings. The molecule has 132 valence electrons. The lowest BCUT2D eigenvalue weighted by Crippen LogP contribution is -2.36. The SMILES string of the molecule is C=C1NN=CC(/C(N)=N/c2ccc(O)cc2CC)=C1N[C@H]1CCOC1. The maximum absolute atomic E-state index is 9.64. The van der Waals surface area contributed by atoms with Crippen molar-refractivity contribution in [2.75, 3.05) is 13.2 Å². The van der Waals surface area contributed by atoms with Crippen LogP contribution in [0.5, 0.6) is 5.75 Å². The molecule has 2 heterocycles. The Morgan fingerprint density at radius 3 is 3.12 bits per heavy atom. The fraction of sp³-hybridized carbons (Fsp3) is 0.333. The molecule has 1 saturated heterocycles. The van der Waals surface area contributed by atoms with E-state index in [9.17, 15) is 5.11 Å². The highest BCUT2D eigenvalue weighted by Crippen LogP contribution is 2.25. The highest BCUT2D eigenvalue weighted by molar-refractivity contribution is 6.16. The van der Waals surface area contributed by atoms with Gasteiger partial charge in [-0.1, -0.05) is 13.5 Å². The van der Waals surface area contributed by atoms with Crippen LogP contribution in [0.4, 0.5) is 5.69 Å². The van der Waals surface area contributed by atoms with Crippen molar-refractivity contribution in [3.63, 3.8) is 0 Å². The van der Waals surface area contributed by atoms with Crippen LogP contribution < -0.4 is 16.5 Å². The van der Waals surface area contributed by atoms with Crippen molar-refractivity contribution in [2.45, 2.75) is 25.8 Å². The minimum Gasteiger partial charge on any atom is -0.508 e. The summed E-state index contributed by atoms with van der Waals surface area (Å²) in [6.07, 6.45) is 3.31. The summed E-state index contributed by atoms with van der Waals surface area (Å²) in [6.45, 7) is 7.39. The van der Waals surface area contributed by atoms with Crippen molar-refractivity contribution in [3.05, 3.63) is 47.3 Å². The summed E-state index contributed by atoms with van der Waals surface area (Å²) in [4.78, 5) is 4.55. The van der Waals surface area contributed by atoms with Crippen molar-refractivity contribution in [1.82, 2.24) is 10.7 Å². The zero-order valence-electron chi connectivity index (χ0n) is 14.2. The fourth-order valence-corrected chi connectivity index (χ4v) is 2.82. The molecular weight excluding hydrogens is 318 g/mol. The maximum Gasteiger partial charge on any atom is 0.135 e. The number of nitrogens with one attached hydrogen (secondary N) is 2. The van der Waals surface area contributed by atoms with Crippen molar-refractivity contribution in [1.29, 1.82) is 0 Å². The van der Waals surface area contributed by atoms with E-state index in [-0.39, 0.29) is 11.8 Å². The molecule has 0 unspecified atom stereocenters.